The minimum atomic E-state index is -1.19. The molecule has 1 aromatic heterocycles. The Hall–Kier alpha value is -1.83. The van der Waals surface area contributed by atoms with Crippen molar-refractivity contribution in [2.45, 2.75) is 12.1 Å². The summed E-state index contributed by atoms with van der Waals surface area (Å²) in [5.74, 6) is -1.65. The monoisotopic (exact) mass is 257 g/mol. The quantitative estimate of drug-likeness (QED) is 0.442. The number of nitrogens with zero attached hydrogens (tertiary/aromatic N) is 2. The van der Waals surface area contributed by atoms with Crippen LogP contribution in [0.3, 0.4) is 0 Å². The Balaban J connectivity index is 2.65. The van der Waals surface area contributed by atoms with Gasteiger partial charge >= 0.3 is 11.9 Å². The van der Waals surface area contributed by atoms with Gasteiger partial charge in [-0.3, -0.25) is 4.79 Å². The molecule has 0 atom stereocenters. The zero-order valence-electron chi connectivity index (χ0n) is 9.04. The van der Waals surface area contributed by atoms with Crippen LogP contribution in [0.1, 0.15) is 17.3 Å². The summed E-state index contributed by atoms with van der Waals surface area (Å²) in [5, 5.41) is 8.94. The summed E-state index contributed by atoms with van der Waals surface area (Å²) in [7, 11) is 0. The molecule has 1 rings (SSSR count). The van der Waals surface area contributed by atoms with E-state index >= 15 is 0 Å². The van der Waals surface area contributed by atoms with Gasteiger partial charge < -0.3 is 15.6 Å². The molecule has 17 heavy (non-hydrogen) atoms. The molecule has 7 nitrogen and oxygen atoms in total. The molecule has 0 aliphatic carbocycles. The Morgan fingerprint density at radius 3 is 2.82 bits per heavy atom. The third-order valence-electron chi connectivity index (χ3n) is 1.65. The van der Waals surface area contributed by atoms with Crippen LogP contribution in [0.5, 0.6) is 0 Å². The number of aromatic carboxylic acids is 1. The van der Waals surface area contributed by atoms with Crippen LogP contribution in [0.25, 0.3) is 0 Å². The second-order valence-electron chi connectivity index (χ2n) is 2.85. The van der Waals surface area contributed by atoms with Crippen LogP contribution in [0.2, 0.25) is 0 Å². The molecule has 1 heterocycles. The second kappa shape index (κ2) is 6.04. The first-order valence-electron chi connectivity index (χ1n) is 4.68. The van der Waals surface area contributed by atoms with Gasteiger partial charge in [0.25, 0.3) is 0 Å². The van der Waals surface area contributed by atoms with Crippen molar-refractivity contribution in [3.63, 3.8) is 0 Å². The number of carbonyl (C=O) groups excluding carboxylic acids is 1. The van der Waals surface area contributed by atoms with Crippen molar-refractivity contribution >= 4 is 29.5 Å². The van der Waals surface area contributed by atoms with Gasteiger partial charge in [0.2, 0.25) is 0 Å². The average molecular weight is 257 g/mol. The van der Waals surface area contributed by atoms with Gasteiger partial charge in [-0.25, -0.2) is 14.8 Å². The van der Waals surface area contributed by atoms with Crippen molar-refractivity contribution in [3.05, 3.63) is 11.8 Å². The zero-order chi connectivity index (χ0) is 12.8. The number of carboxylic acids is 1. The van der Waals surface area contributed by atoms with Crippen molar-refractivity contribution < 1.29 is 19.4 Å². The van der Waals surface area contributed by atoms with E-state index in [9.17, 15) is 9.59 Å². The van der Waals surface area contributed by atoms with E-state index in [2.05, 4.69) is 9.97 Å². The predicted molar refractivity (Wildman–Crippen MR) is 60.8 cm³/mol. The van der Waals surface area contributed by atoms with Crippen molar-refractivity contribution in [3.8, 4) is 0 Å². The van der Waals surface area contributed by atoms with E-state index in [0.29, 0.717) is 6.61 Å². The Morgan fingerprint density at radius 1 is 1.59 bits per heavy atom. The highest BCUT2D eigenvalue weighted by Crippen LogP contribution is 2.16. The number of aromatic nitrogens is 2. The van der Waals surface area contributed by atoms with Crippen molar-refractivity contribution in [2.24, 2.45) is 0 Å². The fourth-order valence-electron chi connectivity index (χ4n) is 0.938. The Kier molecular flexibility index (Phi) is 4.70. The first-order valence-corrected chi connectivity index (χ1v) is 5.67. The SMILES string of the molecule is CCOC(=O)CSc1ncc(C(=O)O)c(N)n1. The molecular weight excluding hydrogens is 246 g/mol. The van der Waals surface area contributed by atoms with E-state index in [1.165, 1.54) is 0 Å². The summed E-state index contributed by atoms with van der Waals surface area (Å²) in [4.78, 5) is 29.2. The van der Waals surface area contributed by atoms with Crippen LogP contribution in [0, 0.1) is 0 Å². The fraction of sp³-hybridized carbons (Fsp3) is 0.333. The summed E-state index contributed by atoms with van der Waals surface area (Å²) in [6.45, 7) is 2.01. The molecule has 0 amide bonds. The van der Waals surface area contributed by atoms with Gasteiger partial charge in [-0.15, -0.1) is 0 Å². The normalized spacial score (nSPS) is 9.94. The largest absolute Gasteiger partial charge is 0.477 e. The molecule has 0 aliphatic heterocycles. The topological polar surface area (TPSA) is 115 Å². The summed E-state index contributed by atoms with van der Waals surface area (Å²) < 4.78 is 4.72. The molecule has 0 saturated carbocycles. The number of anilines is 1. The van der Waals surface area contributed by atoms with Crippen LogP contribution in [-0.2, 0) is 9.53 Å². The highest BCUT2D eigenvalue weighted by atomic mass is 32.2. The number of thioether (sulfide) groups is 1. The summed E-state index contributed by atoms with van der Waals surface area (Å²) in [5.41, 5.74) is 5.26. The molecule has 0 fully saturated rings. The van der Waals surface area contributed by atoms with Gasteiger partial charge in [0.1, 0.15) is 11.4 Å². The van der Waals surface area contributed by atoms with E-state index < -0.39 is 5.97 Å². The minimum absolute atomic E-state index is 0.0553. The van der Waals surface area contributed by atoms with E-state index in [-0.39, 0.29) is 28.3 Å². The lowest BCUT2D eigenvalue weighted by molar-refractivity contribution is -0.139. The molecule has 8 heteroatoms. The van der Waals surface area contributed by atoms with Gasteiger partial charge in [-0.2, -0.15) is 0 Å². The van der Waals surface area contributed by atoms with E-state index in [4.69, 9.17) is 15.6 Å². The summed E-state index contributed by atoms with van der Waals surface area (Å²) in [6, 6.07) is 0. The van der Waals surface area contributed by atoms with E-state index in [1.807, 2.05) is 0 Å². The molecular formula is C9H11N3O4S. The molecule has 3 N–H and O–H groups in total. The Bertz CT molecular complexity index is 438. The first-order chi connectivity index (χ1) is 8.04. The number of carboxylic acid groups (broad SMARTS) is 1. The average Bonchev–Trinajstić information content (AvgIpc) is 2.26. The zero-order valence-corrected chi connectivity index (χ0v) is 9.86. The van der Waals surface area contributed by atoms with Crippen molar-refractivity contribution in [2.75, 3.05) is 18.1 Å². The van der Waals surface area contributed by atoms with E-state index in [0.717, 1.165) is 18.0 Å². The van der Waals surface area contributed by atoms with Gasteiger partial charge in [0, 0.05) is 6.20 Å². The number of carbonyl (C=O) groups is 2. The molecule has 0 aromatic carbocycles. The number of esters is 1. The molecule has 0 spiro atoms. The molecule has 0 radical (unpaired) electrons. The maximum absolute atomic E-state index is 11.1. The highest BCUT2D eigenvalue weighted by molar-refractivity contribution is 7.99. The number of nitrogens with two attached hydrogens (primary N) is 1. The number of nitrogen functional groups attached to an aromatic ring is 1. The standard InChI is InChI=1S/C9H11N3O4S/c1-2-16-6(13)4-17-9-11-3-5(8(14)15)7(10)12-9/h3H,2,4H2,1H3,(H,14,15)(H2,10,11,12). The predicted octanol–water partition coefficient (Wildman–Crippen LogP) is 0.412. The molecule has 0 saturated heterocycles. The van der Waals surface area contributed by atoms with Crippen molar-refractivity contribution in [1.82, 2.24) is 9.97 Å². The number of rotatable bonds is 5. The van der Waals surface area contributed by atoms with Gasteiger partial charge in [-0.05, 0) is 6.92 Å². The molecule has 0 aliphatic rings. The van der Waals surface area contributed by atoms with Gasteiger partial charge in [0.05, 0.1) is 12.4 Å². The highest BCUT2D eigenvalue weighted by Gasteiger charge is 2.12. The van der Waals surface area contributed by atoms with Crippen molar-refractivity contribution in [1.29, 1.82) is 0 Å². The van der Waals surface area contributed by atoms with Crippen LogP contribution in [0.15, 0.2) is 11.4 Å². The van der Waals surface area contributed by atoms with Crippen LogP contribution in [0.4, 0.5) is 5.82 Å². The first kappa shape index (κ1) is 13.2. The molecule has 0 bridgehead atoms. The Labute approximate surface area is 101 Å². The van der Waals surface area contributed by atoms with Crippen LogP contribution < -0.4 is 5.73 Å². The van der Waals surface area contributed by atoms with E-state index in [1.54, 1.807) is 6.92 Å². The smallest absolute Gasteiger partial charge is 0.341 e. The molecule has 92 valence electrons. The number of ether oxygens (including phenoxy) is 1. The maximum atomic E-state index is 11.1. The van der Waals surface area contributed by atoms with Crippen LogP contribution in [-0.4, -0.2) is 39.4 Å². The lowest BCUT2D eigenvalue weighted by Gasteiger charge is -2.03. The maximum Gasteiger partial charge on any atom is 0.341 e. The lowest BCUT2D eigenvalue weighted by Crippen LogP contribution is -2.09. The fourth-order valence-corrected chi connectivity index (χ4v) is 1.56. The molecule has 0 unspecified atom stereocenters. The number of hydrogen-bond acceptors (Lipinski definition) is 7. The number of hydrogen-bond donors (Lipinski definition) is 2. The molecule has 1 aromatic rings. The third kappa shape index (κ3) is 3.91. The second-order valence-corrected chi connectivity index (χ2v) is 3.79. The Morgan fingerprint density at radius 2 is 2.29 bits per heavy atom. The van der Waals surface area contributed by atoms with Gasteiger partial charge in [-0.1, -0.05) is 11.8 Å². The van der Waals surface area contributed by atoms with Gasteiger partial charge in [0.15, 0.2) is 5.16 Å². The lowest BCUT2D eigenvalue weighted by atomic mass is 10.3. The summed E-state index contributed by atoms with van der Waals surface area (Å²) >= 11 is 1.03. The minimum Gasteiger partial charge on any atom is -0.477 e. The van der Waals surface area contributed by atoms with Crippen LogP contribution >= 0.6 is 11.8 Å². The summed E-state index contributed by atoms with van der Waals surface area (Å²) in [6.07, 6.45) is 1.11. The third-order valence-corrected chi connectivity index (χ3v) is 2.49.